The van der Waals surface area contributed by atoms with E-state index in [9.17, 15) is 14.9 Å². The van der Waals surface area contributed by atoms with Crippen molar-refractivity contribution in [2.45, 2.75) is 74.8 Å². The predicted octanol–water partition coefficient (Wildman–Crippen LogP) is 1.24. The van der Waals surface area contributed by atoms with Crippen molar-refractivity contribution in [3.63, 3.8) is 0 Å². The molecule has 0 aromatic heterocycles. The Balaban J connectivity index is 1.24. The van der Waals surface area contributed by atoms with E-state index in [0.29, 0.717) is 56.6 Å². The lowest BCUT2D eigenvalue weighted by molar-refractivity contribution is -0.157. The zero-order valence-electron chi connectivity index (χ0n) is 24.6. The quantitative estimate of drug-likeness (QED) is 0.458. The van der Waals surface area contributed by atoms with E-state index in [1.807, 2.05) is 18.2 Å². The number of fused-ring (bicyclic) bond motifs is 2. The van der Waals surface area contributed by atoms with Gasteiger partial charge in [-0.3, -0.25) is 25.1 Å². The van der Waals surface area contributed by atoms with Crippen LogP contribution in [0.1, 0.15) is 37.7 Å². The van der Waals surface area contributed by atoms with Crippen molar-refractivity contribution in [3.8, 4) is 17.6 Å². The second-order valence-electron chi connectivity index (χ2n) is 12.3. The first-order valence-corrected chi connectivity index (χ1v) is 15.1. The van der Waals surface area contributed by atoms with E-state index in [1.165, 1.54) is 6.08 Å². The Bertz CT molecular complexity index is 1250. The summed E-state index contributed by atoms with van der Waals surface area (Å²) in [7, 11) is 3.75. The molecule has 1 saturated carbocycles. The van der Waals surface area contributed by atoms with E-state index in [0.717, 1.165) is 31.4 Å². The molecule has 2 N–H and O–H groups in total. The number of likely N-dealkylation sites (N-methyl/N-ethyl adjacent to an activating group) is 1. The number of ketones is 1. The van der Waals surface area contributed by atoms with Gasteiger partial charge in [0.15, 0.2) is 17.7 Å². The van der Waals surface area contributed by atoms with Gasteiger partial charge in [-0.2, -0.15) is 5.26 Å². The number of rotatable bonds is 7. The minimum absolute atomic E-state index is 0.0247. The highest BCUT2D eigenvalue weighted by molar-refractivity contribution is 5.95. The Morgan fingerprint density at radius 1 is 1.26 bits per heavy atom. The maximum Gasteiger partial charge on any atom is 0.246 e. The van der Waals surface area contributed by atoms with Gasteiger partial charge in [0.25, 0.3) is 0 Å². The molecule has 1 aromatic carbocycles. The molecular weight excluding hydrogens is 536 g/mol. The van der Waals surface area contributed by atoms with Crippen LogP contribution in [-0.2, 0) is 20.7 Å². The molecule has 1 spiro atoms. The van der Waals surface area contributed by atoms with E-state index < -0.39 is 18.0 Å². The van der Waals surface area contributed by atoms with Crippen molar-refractivity contribution in [1.82, 2.24) is 25.3 Å². The van der Waals surface area contributed by atoms with Crippen LogP contribution in [-0.4, -0.2) is 110 Å². The van der Waals surface area contributed by atoms with Gasteiger partial charge in [0, 0.05) is 44.1 Å². The summed E-state index contributed by atoms with van der Waals surface area (Å²) in [6, 6.07) is 7.65. The second-order valence-corrected chi connectivity index (χ2v) is 12.3. The van der Waals surface area contributed by atoms with Crippen molar-refractivity contribution in [2.75, 3.05) is 46.9 Å². The van der Waals surface area contributed by atoms with Gasteiger partial charge in [0.05, 0.1) is 44.5 Å². The highest BCUT2D eigenvalue weighted by Crippen LogP contribution is 2.46. The predicted molar refractivity (Wildman–Crippen MR) is 155 cm³/mol. The third-order valence-corrected chi connectivity index (χ3v) is 9.97. The van der Waals surface area contributed by atoms with Crippen molar-refractivity contribution < 1.29 is 23.8 Å². The molecule has 1 aliphatic carbocycles. The lowest BCUT2D eigenvalue weighted by Crippen LogP contribution is -2.75. The van der Waals surface area contributed by atoms with Crippen LogP contribution in [0.3, 0.4) is 0 Å². The number of Topliss-reactive ketones (excluding diaryl/α,β-unsaturated/α-hetero) is 1. The molecule has 6 unspecified atom stereocenters. The molecule has 6 rings (SSSR count). The number of nitrogens with one attached hydrogen (secondary N) is 2. The number of nitrogens with zero attached hydrogens (tertiary/aromatic N) is 4. The van der Waals surface area contributed by atoms with Crippen molar-refractivity contribution in [3.05, 3.63) is 36.4 Å². The summed E-state index contributed by atoms with van der Waals surface area (Å²) in [5.74, 6) is 1.30. The van der Waals surface area contributed by atoms with Gasteiger partial charge in [-0.15, -0.1) is 0 Å². The third kappa shape index (κ3) is 5.31. The number of ether oxygens (including phenoxy) is 3. The average Bonchev–Trinajstić information content (AvgIpc) is 3.60. The first kappa shape index (κ1) is 29.1. The molecule has 4 aliphatic heterocycles. The molecule has 11 heteroatoms. The summed E-state index contributed by atoms with van der Waals surface area (Å²) in [6.07, 6.45) is 5.05. The summed E-state index contributed by atoms with van der Waals surface area (Å²) >= 11 is 0. The first-order chi connectivity index (χ1) is 20.4. The SMILES string of the molecule is C=CC(=O)N1CCN(C2NC(OCC3CCCN3C)NC3C(=O)[C@@]4(CCC32)Cc2ccc(OC)cc2O4)CC1CC#N. The van der Waals surface area contributed by atoms with E-state index in [2.05, 4.69) is 40.1 Å². The number of carbonyl (C=O) groups is 2. The van der Waals surface area contributed by atoms with E-state index >= 15 is 0 Å². The Labute approximate surface area is 247 Å². The number of methoxy groups -OCH3 is 1. The molecule has 0 radical (unpaired) electrons. The Kier molecular flexibility index (Phi) is 8.26. The minimum atomic E-state index is -0.917. The maximum atomic E-state index is 14.4. The minimum Gasteiger partial charge on any atom is -0.497 e. The topological polar surface area (TPSA) is 119 Å². The highest BCUT2D eigenvalue weighted by atomic mass is 16.5. The van der Waals surface area contributed by atoms with Crippen LogP contribution in [0.5, 0.6) is 11.5 Å². The second kappa shape index (κ2) is 11.9. The van der Waals surface area contributed by atoms with Crippen LogP contribution < -0.4 is 20.1 Å². The molecule has 42 heavy (non-hydrogen) atoms. The fourth-order valence-corrected chi connectivity index (χ4v) is 7.62. The lowest BCUT2D eigenvalue weighted by Gasteiger charge is -2.53. The molecule has 4 fully saturated rings. The van der Waals surface area contributed by atoms with Gasteiger partial charge in [0.1, 0.15) is 11.5 Å². The smallest absolute Gasteiger partial charge is 0.246 e. The number of likely N-dealkylation sites (tertiary alicyclic amines) is 1. The number of amides is 1. The number of benzene rings is 1. The number of hydrogen-bond acceptors (Lipinski definition) is 10. The number of nitriles is 1. The zero-order valence-corrected chi connectivity index (χ0v) is 24.6. The fourth-order valence-electron chi connectivity index (χ4n) is 7.62. The molecule has 11 nitrogen and oxygen atoms in total. The van der Waals surface area contributed by atoms with Crippen LogP contribution in [0.2, 0.25) is 0 Å². The summed E-state index contributed by atoms with van der Waals surface area (Å²) < 4.78 is 18.3. The number of piperazine rings is 1. The van der Waals surface area contributed by atoms with Crippen LogP contribution in [0.4, 0.5) is 0 Å². The summed E-state index contributed by atoms with van der Waals surface area (Å²) in [4.78, 5) is 33.3. The molecule has 3 saturated heterocycles. The summed E-state index contributed by atoms with van der Waals surface area (Å²) in [6.45, 7) is 6.92. The van der Waals surface area contributed by atoms with Crippen molar-refractivity contribution in [2.24, 2.45) is 5.92 Å². The van der Waals surface area contributed by atoms with Crippen LogP contribution >= 0.6 is 0 Å². The molecule has 1 aromatic rings. The molecule has 5 aliphatic rings. The highest BCUT2D eigenvalue weighted by Gasteiger charge is 2.58. The number of carbonyl (C=O) groups excluding carboxylic acids is 2. The van der Waals surface area contributed by atoms with Crippen molar-refractivity contribution >= 4 is 11.7 Å². The van der Waals surface area contributed by atoms with Gasteiger partial charge < -0.3 is 24.0 Å². The molecule has 226 valence electrons. The zero-order chi connectivity index (χ0) is 29.4. The molecule has 1 amide bonds. The normalized spacial score (nSPS) is 34.9. The van der Waals surface area contributed by atoms with Crippen molar-refractivity contribution in [1.29, 1.82) is 5.26 Å². The van der Waals surface area contributed by atoms with Crippen LogP contribution in [0, 0.1) is 17.2 Å². The summed E-state index contributed by atoms with van der Waals surface area (Å²) in [5.41, 5.74) is 0.104. The van der Waals surface area contributed by atoms with E-state index in [-0.39, 0.29) is 36.2 Å². The molecule has 0 bridgehead atoms. The molecular formula is C31H42N6O5. The Hall–Kier alpha value is -3.01. The largest absolute Gasteiger partial charge is 0.497 e. The third-order valence-electron chi connectivity index (χ3n) is 9.97. The first-order valence-electron chi connectivity index (χ1n) is 15.1. The molecule has 7 atom stereocenters. The molecule has 4 heterocycles. The Morgan fingerprint density at radius 3 is 2.86 bits per heavy atom. The van der Waals surface area contributed by atoms with Crippen LogP contribution in [0.15, 0.2) is 30.9 Å². The van der Waals surface area contributed by atoms with Gasteiger partial charge in [-0.1, -0.05) is 12.6 Å². The Morgan fingerprint density at radius 2 is 2.12 bits per heavy atom. The van der Waals surface area contributed by atoms with E-state index in [1.54, 1.807) is 12.0 Å². The van der Waals surface area contributed by atoms with Gasteiger partial charge >= 0.3 is 0 Å². The standard InChI is InChI=1S/C31H42N6O5/c1-4-26(38)37-15-14-36(18-21(37)10-12-32)29-24-9-11-31(17-20-7-8-23(40-3)16-25(20)42-31)28(39)27(24)33-30(34-29)41-19-22-6-5-13-35(22)2/h4,7-8,16,21-22,24,27,29-30,33-34H,1,5-6,9-11,13-15,17-19H2,2-3H3/t21?,22?,24?,27?,29?,30?,31-/m1/s1. The van der Waals surface area contributed by atoms with E-state index in [4.69, 9.17) is 14.2 Å². The summed E-state index contributed by atoms with van der Waals surface area (Å²) in [5, 5.41) is 16.7. The number of hydrogen-bond donors (Lipinski definition) is 2. The van der Waals surface area contributed by atoms with Gasteiger partial charge in [-0.25, -0.2) is 0 Å². The van der Waals surface area contributed by atoms with Gasteiger partial charge in [0.2, 0.25) is 5.91 Å². The fraction of sp³-hybridized carbons (Fsp3) is 0.645. The maximum absolute atomic E-state index is 14.4. The van der Waals surface area contributed by atoms with Crippen LogP contribution in [0.25, 0.3) is 0 Å². The lowest BCUT2D eigenvalue weighted by atomic mass is 9.70. The van der Waals surface area contributed by atoms with Gasteiger partial charge in [-0.05, 0) is 57.0 Å². The monoisotopic (exact) mass is 578 g/mol. The average molecular weight is 579 g/mol.